The van der Waals surface area contributed by atoms with E-state index >= 15 is 0 Å². The Kier molecular flexibility index (Phi) is 5.09. The van der Waals surface area contributed by atoms with Crippen molar-refractivity contribution < 1.29 is 9.59 Å². The number of carbonyl (C=O) groups is 2. The SMILES string of the molecule is CCNC(=O)C(C)NC(=O)c1cnc(C)cc1Cl. The first-order chi connectivity index (χ1) is 8.45. The lowest BCUT2D eigenvalue weighted by atomic mass is 10.2. The molecule has 0 spiro atoms. The van der Waals surface area contributed by atoms with Crippen LogP contribution in [0, 0.1) is 6.92 Å². The van der Waals surface area contributed by atoms with Crippen LogP contribution in [-0.4, -0.2) is 29.4 Å². The average molecular weight is 270 g/mol. The fraction of sp³-hybridized carbons (Fsp3) is 0.417. The van der Waals surface area contributed by atoms with Gasteiger partial charge >= 0.3 is 0 Å². The number of nitrogens with one attached hydrogen (secondary N) is 2. The summed E-state index contributed by atoms with van der Waals surface area (Å²) in [5.41, 5.74) is 0.992. The summed E-state index contributed by atoms with van der Waals surface area (Å²) >= 11 is 5.95. The molecular formula is C12H16ClN3O2. The summed E-state index contributed by atoms with van der Waals surface area (Å²) in [6.07, 6.45) is 1.40. The first-order valence-corrected chi connectivity index (χ1v) is 6.04. The first-order valence-electron chi connectivity index (χ1n) is 5.66. The molecule has 0 aliphatic rings. The van der Waals surface area contributed by atoms with Crippen LogP contribution in [0.1, 0.15) is 29.9 Å². The Labute approximate surface area is 111 Å². The second kappa shape index (κ2) is 6.35. The number of halogens is 1. The molecule has 0 saturated heterocycles. The molecule has 2 amide bonds. The topological polar surface area (TPSA) is 71.1 Å². The monoisotopic (exact) mass is 269 g/mol. The summed E-state index contributed by atoms with van der Waals surface area (Å²) in [7, 11) is 0. The van der Waals surface area contributed by atoms with E-state index in [0.717, 1.165) is 5.69 Å². The molecule has 0 aliphatic carbocycles. The molecule has 0 radical (unpaired) electrons. The number of aryl methyl sites for hydroxylation is 1. The van der Waals surface area contributed by atoms with Gasteiger partial charge in [-0.05, 0) is 26.8 Å². The average Bonchev–Trinajstić information content (AvgIpc) is 2.28. The van der Waals surface area contributed by atoms with Crippen molar-refractivity contribution in [2.45, 2.75) is 26.8 Å². The van der Waals surface area contributed by atoms with Crippen molar-refractivity contribution in [1.82, 2.24) is 15.6 Å². The quantitative estimate of drug-likeness (QED) is 0.865. The molecule has 0 fully saturated rings. The highest BCUT2D eigenvalue weighted by atomic mass is 35.5. The Balaban J connectivity index is 2.73. The van der Waals surface area contributed by atoms with Gasteiger partial charge in [-0.1, -0.05) is 11.6 Å². The van der Waals surface area contributed by atoms with Crippen LogP contribution in [0.15, 0.2) is 12.3 Å². The molecule has 18 heavy (non-hydrogen) atoms. The van der Waals surface area contributed by atoms with Crippen molar-refractivity contribution >= 4 is 23.4 Å². The van der Waals surface area contributed by atoms with E-state index < -0.39 is 11.9 Å². The van der Waals surface area contributed by atoms with Gasteiger partial charge in [-0.15, -0.1) is 0 Å². The molecule has 6 heteroatoms. The van der Waals surface area contributed by atoms with Crippen LogP contribution in [0.2, 0.25) is 5.02 Å². The van der Waals surface area contributed by atoms with Crippen molar-refractivity contribution in [2.24, 2.45) is 0 Å². The molecule has 98 valence electrons. The summed E-state index contributed by atoms with van der Waals surface area (Å²) in [4.78, 5) is 27.4. The summed E-state index contributed by atoms with van der Waals surface area (Å²) in [5.74, 6) is -0.645. The lowest BCUT2D eigenvalue weighted by Gasteiger charge is -2.13. The van der Waals surface area contributed by atoms with Crippen molar-refractivity contribution in [1.29, 1.82) is 0 Å². The number of nitrogens with zero attached hydrogens (tertiary/aromatic N) is 1. The lowest BCUT2D eigenvalue weighted by Crippen LogP contribution is -2.44. The molecular weight excluding hydrogens is 254 g/mol. The summed E-state index contributed by atoms with van der Waals surface area (Å²) in [5, 5.41) is 5.51. The predicted molar refractivity (Wildman–Crippen MR) is 69.6 cm³/mol. The third kappa shape index (κ3) is 3.70. The molecule has 2 N–H and O–H groups in total. The van der Waals surface area contributed by atoms with Gasteiger partial charge < -0.3 is 10.6 Å². The van der Waals surface area contributed by atoms with Crippen LogP contribution >= 0.6 is 11.6 Å². The van der Waals surface area contributed by atoms with Gasteiger partial charge in [-0.3, -0.25) is 14.6 Å². The second-order valence-electron chi connectivity index (χ2n) is 3.90. The van der Waals surface area contributed by atoms with E-state index in [9.17, 15) is 9.59 Å². The van der Waals surface area contributed by atoms with E-state index in [4.69, 9.17) is 11.6 Å². The summed E-state index contributed by atoms with van der Waals surface area (Å²) in [6.45, 7) is 5.72. The zero-order valence-electron chi connectivity index (χ0n) is 10.6. The number of aromatic nitrogens is 1. The van der Waals surface area contributed by atoms with Gasteiger partial charge in [0, 0.05) is 18.4 Å². The van der Waals surface area contributed by atoms with Crippen molar-refractivity contribution in [3.8, 4) is 0 Å². The number of carbonyl (C=O) groups excluding carboxylic acids is 2. The van der Waals surface area contributed by atoms with Crippen LogP contribution in [0.25, 0.3) is 0 Å². The summed E-state index contributed by atoms with van der Waals surface area (Å²) < 4.78 is 0. The normalized spacial score (nSPS) is 11.8. The molecule has 1 heterocycles. The molecule has 0 aliphatic heterocycles. The second-order valence-corrected chi connectivity index (χ2v) is 4.30. The van der Waals surface area contributed by atoms with E-state index in [1.54, 1.807) is 19.9 Å². The van der Waals surface area contributed by atoms with Gasteiger partial charge in [-0.25, -0.2) is 0 Å². The van der Waals surface area contributed by atoms with Crippen molar-refractivity contribution in [3.63, 3.8) is 0 Å². The first kappa shape index (κ1) is 14.4. The molecule has 1 aromatic heterocycles. The fourth-order valence-corrected chi connectivity index (χ4v) is 1.65. The molecule has 0 bridgehead atoms. The van der Waals surface area contributed by atoms with Crippen LogP contribution in [0.3, 0.4) is 0 Å². The van der Waals surface area contributed by atoms with Gasteiger partial charge in [-0.2, -0.15) is 0 Å². The predicted octanol–water partition coefficient (Wildman–Crippen LogP) is 1.30. The maximum absolute atomic E-state index is 11.9. The smallest absolute Gasteiger partial charge is 0.255 e. The number of amides is 2. The highest BCUT2D eigenvalue weighted by molar-refractivity contribution is 6.33. The Morgan fingerprint density at radius 2 is 2.17 bits per heavy atom. The minimum atomic E-state index is -0.616. The van der Waals surface area contributed by atoms with E-state index in [1.165, 1.54) is 6.20 Å². The van der Waals surface area contributed by atoms with Crippen LogP contribution in [0.5, 0.6) is 0 Å². The minimum absolute atomic E-state index is 0.234. The molecule has 1 atom stereocenters. The highest BCUT2D eigenvalue weighted by Crippen LogP contribution is 2.15. The number of hydrogen-bond donors (Lipinski definition) is 2. The van der Waals surface area contributed by atoms with E-state index in [-0.39, 0.29) is 11.5 Å². The maximum Gasteiger partial charge on any atom is 0.255 e. The largest absolute Gasteiger partial charge is 0.355 e. The molecule has 1 unspecified atom stereocenters. The molecule has 0 saturated carbocycles. The third-order valence-electron chi connectivity index (χ3n) is 2.33. The van der Waals surface area contributed by atoms with E-state index in [2.05, 4.69) is 15.6 Å². The Bertz CT molecular complexity index is 463. The molecule has 1 aromatic rings. The standard InChI is InChI=1S/C12H16ClN3O2/c1-4-14-11(17)8(3)16-12(18)9-6-15-7(2)5-10(9)13/h5-6,8H,4H2,1-3H3,(H,14,17)(H,16,18). The van der Waals surface area contributed by atoms with E-state index in [0.29, 0.717) is 11.6 Å². The van der Waals surface area contributed by atoms with Gasteiger partial charge in [0.05, 0.1) is 10.6 Å². The Hall–Kier alpha value is -1.62. The van der Waals surface area contributed by atoms with E-state index in [1.807, 2.05) is 6.92 Å². The van der Waals surface area contributed by atoms with Gasteiger partial charge in [0.25, 0.3) is 5.91 Å². The molecule has 0 aromatic carbocycles. The number of hydrogen-bond acceptors (Lipinski definition) is 3. The number of rotatable bonds is 4. The maximum atomic E-state index is 11.9. The van der Waals surface area contributed by atoms with Gasteiger partial charge in [0.1, 0.15) is 6.04 Å². The van der Waals surface area contributed by atoms with Crippen molar-refractivity contribution in [2.75, 3.05) is 6.54 Å². The third-order valence-corrected chi connectivity index (χ3v) is 2.64. The molecule has 5 nitrogen and oxygen atoms in total. The van der Waals surface area contributed by atoms with Crippen LogP contribution < -0.4 is 10.6 Å². The van der Waals surface area contributed by atoms with Crippen LogP contribution in [0.4, 0.5) is 0 Å². The Morgan fingerprint density at radius 3 is 2.72 bits per heavy atom. The zero-order valence-corrected chi connectivity index (χ0v) is 11.3. The van der Waals surface area contributed by atoms with Gasteiger partial charge in [0.15, 0.2) is 0 Å². The zero-order chi connectivity index (χ0) is 13.7. The highest BCUT2D eigenvalue weighted by Gasteiger charge is 2.17. The van der Waals surface area contributed by atoms with Crippen LogP contribution in [-0.2, 0) is 4.79 Å². The summed E-state index contributed by atoms with van der Waals surface area (Å²) in [6, 6.07) is 0.989. The van der Waals surface area contributed by atoms with Crippen molar-refractivity contribution in [3.05, 3.63) is 28.5 Å². The lowest BCUT2D eigenvalue weighted by molar-refractivity contribution is -0.122. The number of likely N-dealkylation sites (N-methyl/N-ethyl adjacent to an activating group) is 1. The fourth-order valence-electron chi connectivity index (χ4n) is 1.36. The number of pyridine rings is 1. The minimum Gasteiger partial charge on any atom is -0.355 e. The molecule has 1 rings (SSSR count). The van der Waals surface area contributed by atoms with Gasteiger partial charge in [0.2, 0.25) is 5.91 Å². The Morgan fingerprint density at radius 1 is 1.50 bits per heavy atom.